The lowest BCUT2D eigenvalue weighted by atomic mass is 9.96. The lowest BCUT2D eigenvalue weighted by Crippen LogP contribution is -2.30. The van der Waals surface area contributed by atoms with Gasteiger partial charge in [-0.3, -0.25) is 4.79 Å². The molecule has 1 atom stereocenters. The van der Waals surface area contributed by atoms with E-state index in [0.717, 1.165) is 16.3 Å². The molecule has 1 N–H and O–H groups in total. The molecule has 0 bridgehead atoms. The van der Waals surface area contributed by atoms with Crippen LogP contribution in [0.2, 0.25) is 5.02 Å². The maximum absolute atomic E-state index is 12.8. The molecule has 0 aromatic heterocycles. The first kappa shape index (κ1) is 21.4. The Morgan fingerprint density at radius 2 is 1.74 bits per heavy atom. The predicted molar refractivity (Wildman–Crippen MR) is 108 cm³/mol. The smallest absolute Gasteiger partial charge is 0.251 e. The standard InChI is InChI=1S/C20H25ClN2O3S/c1-14(2)12-18(15-8-6-5-7-9-15)22-20(24)16-10-11-17(21)19(13-16)27(25,26)23(3)4/h5-11,13-14,18H,12H2,1-4H3,(H,22,24). The van der Waals surface area contributed by atoms with Crippen LogP contribution in [-0.2, 0) is 10.0 Å². The van der Waals surface area contributed by atoms with Crippen LogP contribution in [0.25, 0.3) is 0 Å². The lowest BCUT2D eigenvalue weighted by Gasteiger charge is -2.21. The number of hydrogen-bond acceptors (Lipinski definition) is 3. The molecule has 0 heterocycles. The fraction of sp³-hybridized carbons (Fsp3) is 0.350. The summed E-state index contributed by atoms with van der Waals surface area (Å²) in [6, 6.07) is 13.9. The topological polar surface area (TPSA) is 66.5 Å². The van der Waals surface area contributed by atoms with E-state index in [2.05, 4.69) is 19.2 Å². The molecule has 27 heavy (non-hydrogen) atoms. The Balaban J connectivity index is 2.34. The molecule has 5 nitrogen and oxygen atoms in total. The molecule has 1 unspecified atom stereocenters. The zero-order chi connectivity index (χ0) is 20.2. The van der Waals surface area contributed by atoms with Gasteiger partial charge in [0.2, 0.25) is 10.0 Å². The predicted octanol–water partition coefficient (Wildman–Crippen LogP) is 4.11. The van der Waals surface area contributed by atoms with Crippen LogP contribution in [0.1, 0.15) is 42.2 Å². The number of nitrogens with one attached hydrogen (secondary N) is 1. The average molecular weight is 409 g/mol. The Morgan fingerprint density at radius 3 is 2.30 bits per heavy atom. The number of benzene rings is 2. The van der Waals surface area contributed by atoms with E-state index >= 15 is 0 Å². The van der Waals surface area contributed by atoms with Crippen molar-refractivity contribution in [3.8, 4) is 0 Å². The van der Waals surface area contributed by atoms with Gasteiger partial charge in [-0.15, -0.1) is 0 Å². The molecule has 0 aliphatic heterocycles. The summed E-state index contributed by atoms with van der Waals surface area (Å²) in [5.74, 6) is 0.0433. The lowest BCUT2D eigenvalue weighted by molar-refractivity contribution is 0.0931. The first-order chi connectivity index (χ1) is 12.6. The molecule has 0 saturated carbocycles. The molecule has 7 heteroatoms. The maximum Gasteiger partial charge on any atom is 0.251 e. The van der Waals surface area contributed by atoms with E-state index in [9.17, 15) is 13.2 Å². The van der Waals surface area contributed by atoms with E-state index in [1.807, 2.05) is 30.3 Å². The van der Waals surface area contributed by atoms with E-state index in [-0.39, 0.29) is 27.4 Å². The van der Waals surface area contributed by atoms with Gasteiger partial charge < -0.3 is 5.32 Å². The van der Waals surface area contributed by atoms with Crippen molar-refractivity contribution in [3.05, 3.63) is 64.7 Å². The van der Waals surface area contributed by atoms with Crippen LogP contribution >= 0.6 is 11.6 Å². The summed E-state index contributed by atoms with van der Waals surface area (Å²) in [4.78, 5) is 12.7. The quantitative estimate of drug-likeness (QED) is 0.749. The minimum absolute atomic E-state index is 0.0815. The highest BCUT2D eigenvalue weighted by Gasteiger charge is 2.23. The van der Waals surface area contributed by atoms with Gasteiger partial charge in [0, 0.05) is 19.7 Å². The Kier molecular flexibility index (Phi) is 7.03. The fourth-order valence-corrected chi connectivity index (χ4v) is 4.11. The zero-order valence-corrected chi connectivity index (χ0v) is 17.5. The Labute approximate surface area is 166 Å². The van der Waals surface area contributed by atoms with Gasteiger partial charge >= 0.3 is 0 Å². The summed E-state index contributed by atoms with van der Waals surface area (Å²) < 4.78 is 25.9. The van der Waals surface area contributed by atoms with Crippen LogP contribution in [0.3, 0.4) is 0 Å². The molecular weight excluding hydrogens is 384 g/mol. The third-order valence-electron chi connectivity index (χ3n) is 4.17. The summed E-state index contributed by atoms with van der Waals surface area (Å²) in [5.41, 5.74) is 1.26. The molecule has 2 rings (SSSR count). The third-order valence-corrected chi connectivity index (χ3v) is 6.46. The molecule has 0 aliphatic carbocycles. The number of carbonyl (C=O) groups is 1. The summed E-state index contributed by atoms with van der Waals surface area (Å²) in [7, 11) is -0.896. The molecule has 1 amide bonds. The SMILES string of the molecule is CC(C)CC(NC(=O)c1ccc(Cl)c(S(=O)(=O)N(C)C)c1)c1ccccc1. The van der Waals surface area contributed by atoms with Crippen LogP contribution in [-0.4, -0.2) is 32.7 Å². The average Bonchev–Trinajstić information content (AvgIpc) is 2.61. The number of rotatable bonds is 7. The van der Waals surface area contributed by atoms with E-state index in [0.29, 0.717) is 5.92 Å². The monoisotopic (exact) mass is 408 g/mol. The summed E-state index contributed by atoms with van der Waals surface area (Å²) in [6.45, 7) is 4.18. The largest absolute Gasteiger partial charge is 0.345 e. The van der Waals surface area contributed by atoms with Gasteiger partial charge in [0.05, 0.1) is 11.1 Å². The number of amides is 1. The van der Waals surface area contributed by atoms with Crippen molar-refractivity contribution in [2.45, 2.75) is 31.2 Å². The van der Waals surface area contributed by atoms with Crippen molar-refractivity contribution >= 4 is 27.5 Å². The highest BCUT2D eigenvalue weighted by Crippen LogP contribution is 2.26. The molecular formula is C20H25ClN2O3S. The maximum atomic E-state index is 12.8. The van der Waals surface area contributed by atoms with Crippen LogP contribution in [0.15, 0.2) is 53.4 Å². The van der Waals surface area contributed by atoms with Crippen LogP contribution in [0.5, 0.6) is 0 Å². The van der Waals surface area contributed by atoms with Crippen molar-refractivity contribution in [2.24, 2.45) is 5.92 Å². The second kappa shape index (κ2) is 8.87. The molecule has 2 aromatic rings. The molecule has 146 valence electrons. The fourth-order valence-electron chi connectivity index (χ4n) is 2.72. The van der Waals surface area contributed by atoms with Crippen molar-refractivity contribution in [1.29, 1.82) is 0 Å². The number of hydrogen-bond donors (Lipinski definition) is 1. The summed E-state index contributed by atoms with van der Waals surface area (Å²) in [6.07, 6.45) is 0.770. The van der Waals surface area contributed by atoms with E-state index < -0.39 is 10.0 Å². The summed E-state index contributed by atoms with van der Waals surface area (Å²) in [5, 5.41) is 3.10. The minimum atomic E-state index is -3.74. The number of halogens is 1. The second-order valence-corrected chi connectivity index (χ2v) is 9.53. The minimum Gasteiger partial charge on any atom is -0.345 e. The normalized spacial score (nSPS) is 13.0. The second-order valence-electron chi connectivity index (χ2n) is 7.00. The molecule has 0 fully saturated rings. The molecule has 0 spiro atoms. The molecule has 2 aromatic carbocycles. The van der Waals surface area contributed by atoms with Crippen molar-refractivity contribution in [3.63, 3.8) is 0 Å². The van der Waals surface area contributed by atoms with Gasteiger partial charge in [-0.1, -0.05) is 55.8 Å². The van der Waals surface area contributed by atoms with Crippen LogP contribution < -0.4 is 5.32 Å². The van der Waals surface area contributed by atoms with Crippen LogP contribution in [0.4, 0.5) is 0 Å². The summed E-state index contributed by atoms with van der Waals surface area (Å²) >= 11 is 6.06. The number of sulfonamides is 1. The Hall–Kier alpha value is -1.89. The van der Waals surface area contributed by atoms with Crippen molar-refractivity contribution < 1.29 is 13.2 Å². The number of carbonyl (C=O) groups excluding carboxylic acids is 1. The first-order valence-corrected chi connectivity index (χ1v) is 10.5. The third kappa shape index (κ3) is 5.31. The first-order valence-electron chi connectivity index (χ1n) is 8.70. The number of nitrogens with zero attached hydrogens (tertiary/aromatic N) is 1. The van der Waals surface area contributed by atoms with Crippen LogP contribution in [0, 0.1) is 5.92 Å². The highest BCUT2D eigenvalue weighted by molar-refractivity contribution is 7.89. The molecule has 0 radical (unpaired) electrons. The van der Waals surface area contributed by atoms with Gasteiger partial charge in [0.15, 0.2) is 0 Å². The van der Waals surface area contributed by atoms with Gasteiger partial charge in [0.1, 0.15) is 4.90 Å². The van der Waals surface area contributed by atoms with Gasteiger partial charge in [-0.25, -0.2) is 12.7 Å². The van der Waals surface area contributed by atoms with Gasteiger partial charge in [0.25, 0.3) is 5.91 Å². The highest BCUT2D eigenvalue weighted by atomic mass is 35.5. The van der Waals surface area contributed by atoms with E-state index in [1.165, 1.54) is 32.3 Å². The molecule has 0 aliphatic rings. The van der Waals surface area contributed by atoms with Crippen molar-refractivity contribution in [1.82, 2.24) is 9.62 Å². The van der Waals surface area contributed by atoms with E-state index in [1.54, 1.807) is 0 Å². The zero-order valence-electron chi connectivity index (χ0n) is 15.9. The Morgan fingerprint density at radius 1 is 1.11 bits per heavy atom. The van der Waals surface area contributed by atoms with Gasteiger partial charge in [-0.2, -0.15) is 0 Å². The molecule has 0 saturated heterocycles. The van der Waals surface area contributed by atoms with Crippen molar-refractivity contribution in [2.75, 3.05) is 14.1 Å². The van der Waals surface area contributed by atoms with E-state index in [4.69, 9.17) is 11.6 Å². The van der Waals surface area contributed by atoms with Gasteiger partial charge in [-0.05, 0) is 36.1 Å². The Bertz CT molecular complexity index is 897.